The van der Waals surface area contributed by atoms with Gasteiger partial charge in [0.1, 0.15) is 0 Å². The first-order valence-electron chi connectivity index (χ1n) is 7.77. The second-order valence-electron chi connectivity index (χ2n) is 5.89. The van der Waals surface area contributed by atoms with Crippen LogP contribution in [0.15, 0.2) is 30.6 Å². The van der Waals surface area contributed by atoms with Crippen molar-refractivity contribution in [2.24, 2.45) is 5.92 Å². The Morgan fingerprint density at radius 1 is 1.25 bits per heavy atom. The molecule has 2 atom stereocenters. The number of allylic oxidation sites excluding steroid dienone is 2. The van der Waals surface area contributed by atoms with E-state index in [0.29, 0.717) is 11.9 Å². The van der Waals surface area contributed by atoms with Crippen LogP contribution in [-0.2, 0) is 11.3 Å². The minimum absolute atomic E-state index is 0.207. The van der Waals surface area contributed by atoms with Crippen LogP contribution in [0.4, 0.5) is 0 Å². The summed E-state index contributed by atoms with van der Waals surface area (Å²) in [7, 11) is 0. The van der Waals surface area contributed by atoms with Gasteiger partial charge in [-0.1, -0.05) is 12.2 Å². The van der Waals surface area contributed by atoms with Crippen molar-refractivity contribution in [2.45, 2.75) is 51.1 Å². The smallest absolute Gasteiger partial charge is 0.226 e. The Balaban J connectivity index is 1.68. The van der Waals surface area contributed by atoms with Crippen LogP contribution in [0.5, 0.6) is 0 Å². The lowest BCUT2D eigenvalue weighted by Gasteiger charge is -2.38. The molecule has 1 fully saturated rings. The highest BCUT2D eigenvalue weighted by Crippen LogP contribution is 2.26. The van der Waals surface area contributed by atoms with Crippen molar-refractivity contribution < 1.29 is 4.79 Å². The minimum atomic E-state index is 0.207. The molecular formula is C16H23N3O. The molecule has 3 rings (SSSR count). The van der Waals surface area contributed by atoms with Crippen LogP contribution in [0, 0.1) is 5.92 Å². The Hall–Kier alpha value is -1.58. The number of nitrogens with zero attached hydrogens (tertiary/aromatic N) is 3. The fraction of sp³-hybridized carbons (Fsp3) is 0.625. The lowest BCUT2D eigenvalue weighted by molar-refractivity contribution is -0.140. The molecular weight excluding hydrogens is 250 g/mol. The molecule has 2 heterocycles. The minimum Gasteiger partial charge on any atom is -0.338 e. The van der Waals surface area contributed by atoms with Crippen LogP contribution in [0.3, 0.4) is 0 Å². The van der Waals surface area contributed by atoms with Gasteiger partial charge in [-0.3, -0.25) is 9.48 Å². The number of hydrogen-bond acceptors (Lipinski definition) is 2. The Labute approximate surface area is 120 Å². The third kappa shape index (κ3) is 2.94. The fourth-order valence-corrected chi connectivity index (χ4v) is 3.36. The van der Waals surface area contributed by atoms with Crippen molar-refractivity contribution in [2.75, 3.05) is 6.54 Å². The van der Waals surface area contributed by atoms with E-state index >= 15 is 0 Å². The zero-order valence-electron chi connectivity index (χ0n) is 11.9. The van der Waals surface area contributed by atoms with Crippen molar-refractivity contribution in [3.8, 4) is 0 Å². The second kappa shape index (κ2) is 6.25. The highest BCUT2D eigenvalue weighted by molar-refractivity contribution is 5.79. The lowest BCUT2D eigenvalue weighted by Crippen LogP contribution is -2.48. The standard InChI is InChI=1S/C16H23N3O/c20-16(14-7-2-1-3-8-14)19-12-5-4-9-15(19)13-18-11-6-10-17-18/h1-2,6,10-11,14-15H,3-5,7-9,12-13H2/t14-,15+/m1/s1. The summed E-state index contributed by atoms with van der Waals surface area (Å²) in [6, 6.07) is 2.27. The first-order valence-corrected chi connectivity index (χ1v) is 7.77. The molecule has 0 spiro atoms. The number of carbonyl (C=O) groups is 1. The van der Waals surface area contributed by atoms with Gasteiger partial charge in [0.15, 0.2) is 0 Å². The maximum atomic E-state index is 12.8. The fourth-order valence-electron chi connectivity index (χ4n) is 3.36. The predicted molar refractivity (Wildman–Crippen MR) is 78.1 cm³/mol. The number of carbonyl (C=O) groups excluding carboxylic acids is 1. The molecule has 0 N–H and O–H groups in total. The largest absolute Gasteiger partial charge is 0.338 e. The molecule has 1 aliphatic heterocycles. The zero-order valence-corrected chi connectivity index (χ0v) is 11.9. The molecule has 0 unspecified atom stereocenters. The zero-order chi connectivity index (χ0) is 13.8. The van der Waals surface area contributed by atoms with E-state index in [-0.39, 0.29) is 5.92 Å². The highest BCUT2D eigenvalue weighted by atomic mass is 16.2. The third-order valence-corrected chi connectivity index (χ3v) is 4.49. The maximum Gasteiger partial charge on any atom is 0.226 e. The van der Waals surface area contributed by atoms with Gasteiger partial charge in [-0.15, -0.1) is 0 Å². The average molecular weight is 273 g/mol. The molecule has 1 aromatic rings. The molecule has 0 radical (unpaired) electrons. The monoisotopic (exact) mass is 273 g/mol. The van der Waals surface area contributed by atoms with Gasteiger partial charge < -0.3 is 4.90 Å². The van der Waals surface area contributed by atoms with E-state index in [1.54, 1.807) is 6.20 Å². The summed E-state index contributed by atoms with van der Waals surface area (Å²) >= 11 is 0. The van der Waals surface area contributed by atoms with Gasteiger partial charge in [0.25, 0.3) is 0 Å². The van der Waals surface area contributed by atoms with Crippen molar-refractivity contribution in [3.05, 3.63) is 30.6 Å². The molecule has 20 heavy (non-hydrogen) atoms. The molecule has 4 heteroatoms. The number of aromatic nitrogens is 2. The summed E-state index contributed by atoms with van der Waals surface area (Å²) in [5, 5.41) is 4.28. The molecule has 0 saturated carbocycles. The number of amides is 1. The SMILES string of the molecule is O=C([C@@H]1CC=CCC1)N1CCCC[C@H]1Cn1cccn1. The van der Waals surface area contributed by atoms with Gasteiger partial charge in [-0.05, 0) is 44.6 Å². The Morgan fingerprint density at radius 3 is 2.95 bits per heavy atom. The first-order chi connectivity index (χ1) is 9.84. The van der Waals surface area contributed by atoms with Crippen LogP contribution in [0.2, 0.25) is 0 Å². The summed E-state index contributed by atoms with van der Waals surface area (Å²) in [6.07, 6.45) is 14.6. The van der Waals surface area contributed by atoms with E-state index in [2.05, 4.69) is 22.2 Å². The quantitative estimate of drug-likeness (QED) is 0.794. The summed E-state index contributed by atoms with van der Waals surface area (Å²) in [5.74, 6) is 0.574. The van der Waals surface area contributed by atoms with Gasteiger partial charge >= 0.3 is 0 Å². The average Bonchev–Trinajstić information content (AvgIpc) is 3.01. The molecule has 0 bridgehead atoms. The van der Waals surface area contributed by atoms with Gasteiger partial charge in [0.05, 0.1) is 12.6 Å². The van der Waals surface area contributed by atoms with E-state index in [9.17, 15) is 4.79 Å². The molecule has 4 nitrogen and oxygen atoms in total. The Morgan fingerprint density at radius 2 is 2.20 bits per heavy atom. The second-order valence-corrected chi connectivity index (χ2v) is 5.89. The number of rotatable bonds is 3. The van der Waals surface area contributed by atoms with E-state index < -0.39 is 0 Å². The van der Waals surface area contributed by atoms with Crippen LogP contribution < -0.4 is 0 Å². The summed E-state index contributed by atoms with van der Waals surface area (Å²) in [4.78, 5) is 14.9. The maximum absolute atomic E-state index is 12.8. The van der Waals surface area contributed by atoms with Crippen LogP contribution in [0.1, 0.15) is 38.5 Å². The van der Waals surface area contributed by atoms with Crippen LogP contribution in [-0.4, -0.2) is 33.2 Å². The van der Waals surface area contributed by atoms with Crippen LogP contribution >= 0.6 is 0 Å². The topological polar surface area (TPSA) is 38.1 Å². The van der Waals surface area contributed by atoms with Crippen molar-refractivity contribution in [1.82, 2.24) is 14.7 Å². The van der Waals surface area contributed by atoms with Gasteiger partial charge in [0, 0.05) is 24.9 Å². The van der Waals surface area contributed by atoms with Crippen molar-refractivity contribution in [3.63, 3.8) is 0 Å². The molecule has 0 aromatic carbocycles. The Bertz CT molecular complexity index is 466. The van der Waals surface area contributed by atoms with E-state index in [1.807, 2.05) is 16.9 Å². The van der Waals surface area contributed by atoms with Gasteiger partial charge in [0.2, 0.25) is 5.91 Å². The molecule has 108 valence electrons. The van der Waals surface area contributed by atoms with Crippen molar-refractivity contribution in [1.29, 1.82) is 0 Å². The van der Waals surface area contributed by atoms with Crippen LogP contribution in [0.25, 0.3) is 0 Å². The number of piperidine rings is 1. The van der Waals surface area contributed by atoms with E-state index in [0.717, 1.165) is 45.2 Å². The third-order valence-electron chi connectivity index (χ3n) is 4.49. The van der Waals surface area contributed by atoms with E-state index in [4.69, 9.17) is 0 Å². The molecule has 1 aliphatic carbocycles. The molecule has 1 amide bonds. The molecule has 2 aliphatic rings. The lowest BCUT2D eigenvalue weighted by atomic mass is 9.91. The molecule has 1 saturated heterocycles. The van der Waals surface area contributed by atoms with Gasteiger partial charge in [-0.2, -0.15) is 5.10 Å². The highest BCUT2D eigenvalue weighted by Gasteiger charge is 2.31. The number of likely N-dealkylation sites (tertiary alicyclic amines) is 1. The number of hydrogen-bond donors (Lipinski definition) is 0. The Kier molecular flexibility index (Phi) is 4.19. The van der Waals surface area contributed by atoms with Crippen molar-refractivity contribution >= 4 is 5.91 Å². The summed E-state index contributed by atoms with van der Waals surface area (Å²) in [5.41, 5.74) is 0. The molecule has 1 aromatic heterocycles. The van der Waals surface area contributed by atoms with E-state index in [1.165, 1.54) is 6.42 Å². The normalized spacial score (nSPS) is 26.7. The van der Waals surface area contributed by atoms with Gasteiger partial charge in [-0.25, -0.2) is 0 Å². The first kappa shape index (κ1) is 13.4. The summed E-state index contributed by atoms with van der Waals surface area (Å²) in [6.45, 7) is 1.76. The summed E-state index contributed by atoms with van der Waals surface area (Å²) < 4.78 is 1.96. The predicted octanol–water partition coefficient (Wildman–Crippen LogP) is 2.62.